The van der Waals surface area contributed by atoms with Crippen LogP contribution < -0.4 is 5.32 Å². The van der Waals surface area contributed by atoms with Gasteiger partial charge in [0, 0.05) is 44.6 Å². The molecule has 1 amide bonds. The van der Waals surface area contributed by atoms with Gasteiger partial charge < -0.3 is 24.6 Å². The van der Waals surface area contributed by atoms with Crippen molar-refractivity contribution in [1.82, 2.24) is 10.2 Å². The highest BCUT2D eigenvalue weighted by molar-refractivity contribution is 5.72. The number of rotatable bonds is 9. The fraction of sp³-hybridized carbons (Fsp3) is 0.536. The van der Waals surface area contributed by atoms with Gasteiger partial charge in [0.1, 0.15) is 0 Å². The summed E-state index contributed by atoms with van der Waals surface area (Å²) in [6.07, 6.45) is 1.70. The minimum atomic E-state index is -0.489. The van der Waals surface area contributed by atoms with E-state index in [0.29, 0.717) is 12.6 Å². The van der Waals surface area contributed by atoms with E-state index in [1.165, 1.54) is 13.3 Å². The van der Waals surface area contributed by atoms with Gasteiger partial charge in [-0.25, -0.2) is 0 Å². The first-order chi connectivity index (χ1) is 17.0. The van der Waals surface area contributed by atoms with Crippen molar-refractivity contribution in [2.45, 2.75) is 64.4 Å². The Morgan fingerprint density at radius 2 is 1.77 bits per heavy atom. The van der Waals surface area contributed by atoms with Crippen LogP contribution in [0.1, 0.15) is 61.3 Å². The normalized spacial score (nSPS) is 27.1. The van der Waals surface area contributed by atoms with Gasteiger partial charge in [-0.3, -0.25) is 9.69 Å². The number of carbonyl (C=O) groups is 1. The molecule has 0 aromatic heterocycles. The van der Waals surface area contributed by atoms with Crippen LogP contribution in [0.5, 0.6) is 0 Å². The second-order valence-corrected chi connectivity index (χ2v) is 9.72. The summed E-state index contributed by atoms with van der Waals surface area (Å²) in [5.74, 6) is 0.0997. The maximum atomic E-state index is 11.2. The fourth-order valence-corrected chi connectivity index (χ4v) is 5.10. The van der Waals surface area contributed by atoms with Crippen LogP contribution >= 0.6 is 0 Å². The zero-order valence-corrected chi connectivity index (χ0v) is 21.0. The SMILES string of the molecule is COCC1CCCN1CC1OC(c2ccc(CNC(C)=O)cc2)OC(c2ccc(CO)cc2)C1C. The molecule has 0 radical (unpaired) electrons. The molecule has 5 unspecified atom stereocenters. The molecule has 2 fully saturated rings. The number of hydrogen-bond donors (Lipinski definition) is 2. The highest BCUT2D eigenvalue weighted by Gasteiger charge is 2.40. The summed E-state index contributed by atoms with van der Waals surface area (Å²) < 4.78 is 18.6. The monoisotopic (exact) mass is 482 g/mol. The first-order valence-corrected chi connectivity index (χ1v) is 12.6. The number of carbonyl (C=O) groups excluding carboxylic acids is 1. The number of nitrogens with one attached hydrogen (secondary N) is 1. The van der Waals surface area contributed by atoms with Crippen molar-refractivity contribution in [3.63, 3.8) is 0 Å². The molecule has 0 aliphatic carbocycles. The summed E-state index contributed by atoms with van der Waals surface area (Å²) in [6, 6.07) is 16.5. The van der Waals surface area contributed by atoms with Gasteiger partial charge in [0.25, 0.3) is 0 Å². The first kappa shape index (κ1) is 25.8. The van der Waals surface area contributed by atoms with Crippen LogP contribution in [0.2, 0.25) is 0 Å². The number of amides is 1. The van der Waals surface area contributed by atoms with E-state index >= 15 is 0 Å². The standard InChI is InChI=1S/C28H38N2O5/c1-19-26(16-30-14-4-5-25(30)18-33-3)34-28(24-12-6-21(7-13-24)15-29-20(2)32)35-27(19)23-10-8-22(17-31)9-11-23/h6-13,19,25-28,31H,4-5,14-18H2,1-3H3,(H,29,32). The first-order valence-electron chi connectivity index (χ1n) is 12.6. The van der Waals surface area contributed by atoms with E-state index in [0.717, 1.165) is 48.4 Å². The van der Waals surface area contributed by atoms with Crippen molar-refractivity contribution in [1.29, 1.82) is 0 Å². The molecule has 2 N–H and O–H groups in total. The predicted octanol–water partition coefficient (Wildman–Crippen LogP) is 3.72. The summed E-state index contributed by atoms with van der Waals surface area (Å²) in [5, 5.41) is 12.3. The molecule has 0 spiro atoms. The number of benzene rings is 2. The minimum absolute atomic E-state index is 0.00668. The maximum absolute atomic E-state index is 11.2. The third-order valence-electron chi connectivity index (χ3n) is 7.19. The molecule has 2 aromatic carbocycles. The highest BCUT2D eigenvalue weighted by atomic mass is 16.7. The smallest absolute Gasteiger partial charge is 0.217 e. The number of ether oxygens (including phenoxy) is 3. The van der Waals surface area contributed by atoms with Gasteiger partial charge in [0.2, 0.25) is 5.91 Å². The van der Waals surface area contributed by atoms with Gasteiger partial charge in [-0.05, 0) is 36.1 Å². The van der Waals surface area contributed by atoms with Crippen LogP contribution in [0.3, 0.4) is 0 Å². The quantitative estimate of drug-likeness (QED) is 0.567. The Hall–Kier alpha value is -2.29. The molecule has 2 aromatic rings. The Morgan fingerprint density at radius 1 is 1.09 bits per heavy atom. The third kappa shape index (κ3) is 6.48. The molecule has 190 valence electrons. The van der Waals surface area contributed by atoms with Gasteiger partial charge in [0.15, 0.2) is 6.29 Å². The molecular weight excluding hydrogens is 444 g/mol. The minimum Gasteiger partial charge on any atom is -0.392 e. The van der Waals surface area contributed by atoms with Crippen LogP contribution in [-0.4, -0.2) is 54.9 Å². The van der Waals surface area contributed by atoms with Crippen LogP contribution in [0.15, 0.2) is 48.5 Å². The predicted molar refractivity (Wildman–Crippen MR) is 133 cm³/mol. The molecule has 0 saturated carbocycles. The average molecular weight is 483 g/mol. The molecule has 2 aliphatic rings. The molecular formula is C28H38N2O5. The van der Waals surface area contributed by atoms with Crippen molar-refractivity contribution in [2.24, 2.45) is 5.92 Å². The lowest BCUT2D eigenvalue weighted by atomic mass is 9.90. The zero-order chi connectivity index (χ0) is 24.8. The maximum Gasteiger partial charge on any atom is 0.217 e. The summed E-state index contributed by atoms with van der Waals surface area (Å²) in [4.78, 5) is 13.7. The topological polar surface area (TPSA) is 80.3 Å². The van der Waals surface area contributed by atoms with Crippen LogP contribution in [-0.2, 0) is 32.2 Å². The number of methoxy groups -OCH3 is 1. The largest absolute Gasteiger partial charge is 0.392 e. The second kappa shape index (κ2) is 12.1. The molecule has 2 heterocycles. The Balaban J connectivity index is 1.55. The Morgan fingerprint density at radius 3 is 2.43 bits per heavy atom. The van der Waals surface area contributed by atoms with Gasteiger partial charge in [0.05, 0.1) is 25.4 Å². The third-order valence-corrected chi connectivity index (χ3v) is 7.19. The lowest BCUT2D eigenvalue weighted by Gasteiger charge is -2.43. The average Bonchev–Trinajstić information content (AvgIpc) is 3.31. The van der Waals surface area contributed by atoms with Gasteiger partial charge in [-0.15, -0.1) is 0 Å². The van der Waals surface area contributed by atoms with E-state index in [-0.39, 0.29) is 30.6 Å². The van der Waals surface area contributed by atoms with Crippen molar-refractivity contribution in [2.75, 3.05) is 26.8 Å². The van der Waals surface area contributed by atoms with Crippen molar-refractivity contribution in [3.05, 3.63) is 70.8 Å². The van der Waals surface area contributed by atoms with Crippen LogP contribution in [0.25, 0.3) is 0 Å². The summed E-state index contributed by atoms with van der Waals surface area (Å²) >= 11 is 0. The van der Waals surface area contributed by atoms with Crippen molar-refractivity contribution >= 4 is 5.91 Å². The zero-order valence-electron chi connectivity index (χ0n) is 21.0. The summed E-state index contributed by atoms with van der Waals surface area (Å²) in [5.41, 5.74) is 3.96. The number of aliphatic hydroxyl groups is 1. The van der Waals surface area contributed by atoms with E-state index in [9.17, 15) is 9.90 Å². The highest BCUT2D eigenvalue weighted by Crippen LogP contribution is 2.42. The van der Waals surface area contributed by atoms with E-state index in [2.05, 4.69) is 17.1 Å². The molecule has 4 rings (SSSR count). The number of hydrogen-bond acceptors (Lipinski definition) is 6. The molecule has 35 heavy (non-hydrogen) atoms. The van der Waals surface area contributed by atoms with Crippen LogP contribution in [0, 0.1) is 5.92 Å². The van der Waals surface area contributed by atoms with E-state index in [4.69, 9.17) is 14.2 Å². The Bertz CT molecular complexity index is 949. The molecule has 5 atom stereocenters. The van der Waals surface area contributed by atoms with Crippen molar-refractivity contribution in [3.8, 4) is 0 Å². The lowest BCUT2D eigenvalue weighted by Crippen LogP contribution is -2.46. The van der Waals surface area contributed by atoms with E-state index in [1.54, 1.807) is 7.11 Å². The number of nitrogens with zero attached hydrogens (tertiary/aromatic N) is 1. The molecule has 2 aliphatic heterocycles. The number of likely N-dealkylation sites (tertiary alicyclic amines) is 1. The van der Waals surface area contributed by atoms with E-state index < -0.39 is 6.29 Å². The fourth-order valence-electron chi connectivity index (χ4n) is 5.10. The molecule has 7 nitrogen and oxygen atoms in total. The Kier molecular flexibility index (Phi) is 8.92. The van der Waals surface area contributed by atoms with Gasteiger partial charge in [-0.2, -0.15) is 0 Å². The van der Waals surface area contributed by atoms with Gasteiger partial charge in [-0.1, -0.05) is 55.5 Å². The molecule has 0 bridgehead atoms. The summed E-state index contributed by atoms with van der Waals surface area (Å²) in [6.45, 7) is 6.87. The molecule has 2 saturated heterocycles. The summed E-state index contributed by atoms with van der Waals surface area (Å²) in [7, 11) is 1.77. The van der Waals surface area contributed by atoms with E-state index in [1.807, 2.05) is 48.5 Å². The molecule has 7 heteroatoms. The Labute approximate surface area is 208 Å². The van der Waals surface area contributed by atoms with Crippen molar-refractivity contribution < 1.29 is 24.1 Å². The van der Waals surface area contributed by atoms with Crippen LogP contribution in [0.4, 0.5) is 0 Å². The lowest BCUT2D eigenvalue weighted by molar-refractivity contribution is -0.276. The van der Waals surface area contributed by atoms with Gasteiger partial charge >= 0.3 is 0 Å². The second-order valence-electron chi connectivity index (χ2n) is 9.72. The number of aliphatic hydroxyl groups excluding tert-OH is 1.